The molecule has 1 aromatic heterocycles. The number of hydrogen-bond acceptors (Lipinski definition) is 2. The molecule has 11 heavy (non-hydrogen) atoms. The summed E-state index contributed by atoms with van der Waals surface area (Å²) in [6, 6.07) is 3.80. The molecule has 0 radical (unpaired) electrons. The van der Waals surface area contributed by atoms with E-state index < -0.39 is 0 Å². The highest BCUT2D eigenvalue weighted by Gasteiger charge is 1.87. The number of rotatable bonds is 0. The van der Waals surface area contributed by atoms with Gasteiger partial charge < -0.3 is 0 Å². The zero-order valence-corrected chi connectivity index (χ0v) is 7.13. The summed E-state index contributed by atoms with van der Waals surface area (Å²) in [6.45, 7) is 5.91. The Kier molecular flexibility index (Phi) is 4.76. The fourth-order valence-corrected chi connectivity index (χ4v) is 0.616. The summed E-state index contributed by atoms with van der Waals surface area (Å²) < 4.78 is 0. The van der Waals surface area contributed by atoms with Gasteiger partial charge in [-0.1, -0.05) is 13.8 Å². The predicted molar refractivity (Wildman–Crippen MR) is 45.0 cm³/mol. The minimum Gasteiger partial charge on any atom is -0.263 e. The van der Waals surface area contributed by atoms with Crippen molar-refractivity contribution in [2.75, 3.05) is 0 Å². The molecule has 0 atom stereocenters. The summed E-state index contributed by atoms with van der Waals surface area (Å²) in [7, 11) is 0. The highest BCUT2D eigenvalue weighted by atomic mass is 14.6. The molecular weight excluding hydrogens is 136 g/mol. The van der Waals surface area contributed by atoms with Gasteiger partial charge in [-0.2, -0.15) is 5.26 Å². The van der Waals surface area contributed by atoms with Crippen molar-refractivity contribution in [1.82, 2.24) is 4.98 Å². The van der Waals surface area contributed by atoms with Crippen LogP contribution in [0, 0.1) is 18.3 Å². The third-order valence-corrected chi connectivity index (χ3v) is 1.00. The Morgan fingerprint density at radius 1 is 1.36 bits per heavy atom. The van der Waals surface area contributed by atoms with Crippen LogP contribution in [0.25, 0.3) is 0 Å². The van der Waals surface area contributed by atoms with Crippen LogP contribution in [0.5, 0.6) is 0 Å². The Hall–Kier alpha value is -1.36. The summed E-state index contributed by atoms with van der Waals surface area (Å²) in [5.41, 5.74) is 1.64. The third-order valence-electron chi connectivity index (χ3n) is 1.00. The average Bonchev–Trinajstić information content (AvgIpc) is 2.08. The molecule has 0 amide bonds. The van der Waals surface area contributed by atoms with E-state index in [1.165, 1.54) is 0 Å². The fourth-order valence-electron chi connectivity index (χ4n) is 0.616. The monoisotopic (exact) mass is 148 g/mol. The zero-order valence-electron chi connectivity index (χ0n) is 7.13. The van der Waals surface area contributed by atoms with Crippen LogP contribution in [0.4, 0.5) is 0 Å². The molecule has 1 rings (SSSR count). The number of nitriles is 1. The van der Waals surface area contributed by atoms with Crippen molar-refractivity contribution in [2.24, 2.45) is 0 Å². The lowest BCUT2D eigenvalue weighted by Gasteiger charge is -1.87. The Morgan fingerprint density at radius 2 is 2.00 bits per heavy atom. The van der Waals surface area contributed by atoms with Crippen LogP contribution in [0.2, 0.25) is 0 Å². The van der Waals surface area contributed by atoms with Crippen LogP contribution in [0.15, 0.2) is 18.5 Å². The average molecular weight is 148 g/mol. The lowest BCUT2D eigenvalue weighted by atomic mass is 10.2. The van der Waals surface area contributed by atoms with Gasteiger partial charge in [-0.25, -0.2) is 0 Å². The SMILES string of the molecule is CC.Cc1cncc(C#N)c1. The Balaban J connectivity index is 0.000000461. The highest BCUT2D eigenvalue weighted by molar-refractivity contribution is 5.27. The first-order valence-electron chi connectivity index (χ1n) is 3.64. The summed E-state index contributed by atoms with van der Waals surface area (Å²) in [4.78, 5) is 3.83. The second-order valence-corrected chi connectivity index (χ2v) is 1.86. The maximum Gasteiger partial charge on any atom is 0.101 e. The number of aryl methyl sites for hydroxylation is 1. The van der Waals surface area contributed by atoms with Crippen molar-refractivity contribution in [3.8, 4) is 6.07 Å². The zero-order chi connectivity index (χ0) is 8.69. The first kappa shape index (κ1) is 9.64. The van der Waals surface area contributed by atoms with Gasteiger partial charge in [0.2, 0.25) is 0 Å². The predicted octanol–water partition coefficient (Wildman–Crippen LogP) is 2.29. The summed E-state index contributed by atoms with van der Waals surface area (Å²) in [6.07, 6.45) is 3.27. The van der Waals surface area contributed by atoms with Gasteiger partial charge in [0.15, 0.2) is 0 Å². The van der Waals surface area contributed by atoms with Gasteiger partial charge in [0.25, 0.3) is 0 Å². The largest absolute Gasteiger partial charge is 0.263 e. The summed E-state index contributed by atoms with van der Waals surface area (Å²) >= 11 is 0. The molecule has 0 N–H and O–H groups in total. The highest BCUT2D eigenvalue weighted by Crippen LogP contribution is 1.97. The van der Waals surface area contributed by atoms with E-state index in [4.69, 9.17) is 5.26 Å². The molecule has 0 saturated heterocycles. The van der Waals surface area contributed by atoms with Gasteiger partial charge in [-0.15, -0.1) is 0 Å². The molecule has 0 saturated carbocycles. The standard InChI is InChI=1S/C7H6N2.C2H6/c1-6-2-7(3-8)5-9-4-6;1-2/h2,4-5H,1H3;1-2H3. The fraction of sp³-hybridized carbons (Fsp3) is 0.333. The summed E-state index contributed by atoms with van der Waals surface area (Å²) in [5, 5.41) is 8.37. The van der Waals surface area contributed by atoms with E-state index in [2.05, 4.69) is 4.98 Å². The second kappa shape index (κ2) is 5.43. The Labute approximate surface area is 67.5 Å². The van der Waals surface area contributed by atoms with Gasteiger partial charge in [0.05, 0.1) is 5.56 Å². The van der Waals surface area contributed by atoms with E-state index in [9.17, 15) is 0 Å². The molecule has 0 aromatic carbocycles. The molecule has 1 aromatic rings. The lowest BCUT2D eigenvalue weighted by Crippen LogP contribution is -1.78. The van der Waals surface area contributed by atoms with Crippen molar-refractivity contribution >= 4 is 0 Å². The number of aromatic nitrogens is 1. The maximum atomic E-state index is 8.37. The third kappa shape index (κ3) is 3.36. The van der Waals surface area contributed by atoms with Crippen LogP contribution >= 0.6 is 0 Å². The molecule has 0 aliphatic rings. The van der Waals surface area contributed by atoms with Gasteiger partial charge in [0.1, 0.15) is 6.07 Å². The van der Waals surface area contributed by atoms with E-state index in [0.717, 1.165) is 5.56 Å². The maximum absolute atomic E-state index is 8.37. The number of nitrogens with zero attached hydrogens (tertiary/aromatic N) is 2. The van der Waals surface area contributed by atoms with E-state index in [-0.39, 0.29) is 0 Å². The molecule has 0 aliphatic carbocycles. The molecular formula is C9H12N2. The molecule has 0 spiro atoms. The first-order chi connectivity index (χ1) is 5.33. The van der Waals surface area contributed by atoms with Crippen molar-refractivity contribution in [2.45, 2.75) is 20.8 Å². The smallest absolute Gasteiger partial charge is 0.101 e. The minimum atomic E-state index is 0.620. The molecule has 58 valence electrons. The Bertz CT molecular complexity index is 248. The van der Waals surface area contributed by atoms with Crippen LogP contribution in [0.1, 0.15) is 25.0 Å². The van der Waals surface area contributed by atoms with Crippen LogP contribution in [-0.2, 0) is 0 Å². The topological polar surface area (TPSA) is 36.7 Å². The van der Waals surface area contributed by atoms with E-state index >= 15 is 0 Å². The van der Waals surface area contributed by atoms with Gasteiger partial charge in [-0.05, 0) is 18.6 Å². The normalized spacial score (nSPS) is 7.45. The second-order valence-electron chi connectivity index (χ2n) is 1.86. The molecule has 0 unspecified atom stereocenters. The molecule has 0 aliphatic heterocycles. The van der Waals surface area contributed by atoms with E-state index in [1.807, 2.05) is 26.8 Å². The number of hydrogen-bond donors (Lipinski definition) is 0. The summed E-state index contributed by atoms with van der Waals surface area (Å²) in [5.74, 6) is 0. The van der Waals surface area contributed by atoms with Crippen LogP contribution in [-0.4, -0.2) is 4.98 Å². The molecule has 0 bridgehead atoms. The van der Waals surface area contributed by atoms with E-state index in [0.29, 0.717) is 5.56 Å². The quantitative estimate of drug-likeness (QED) is 0.566. The Morgan fingerprint density at radius 3 is 2.36 bits per heavy atom. The van der Waals surface area contributed by atoms with Gasteiger partial charge in [0, 0.05) is 12.4 Å². The number of pyridine rings is 1. The van der Waals surface area contributed by atoms with E-state index in [1.54, 1.807) is 18.5 Å². The van der Waals surface area contributed by atoms with Crippen molar-refractivity contribution in [3.63, 3.8) is 0 Å². The van der Waals surface area contributed by atoms with Gasteiger partial charge in [-0.3, -0.25) is 4.98 Å². The molecule has 1 heterocycles. The minimum absolute atomic E-state index is 0.620. The van der Waals surface area contributed by atoms with Crippen LogP contribution < -0.4 is 0 Å². The lowest BCUT2D eigenvalue weighted by molar-refractivity contribution is 1.25. The van der Waals surface area contributed by atoms with Crippen molar-refractivity contribution in [1.29, 1.82) is 5.26 Å². The van der Waals surface area contributed by atoms with Crippen molar-refractivity contribution in [3.05, 3.63) is 29.6 Å². The van der Waals surface area contributed by atoms with Crippen LogP contribution in [0.3, 0.4) is 0 Å². The molecule has 0 fully saturated rings. The molecule has 2 nitrogen and oxygen atoms in total. The van der Waals surface area contributed by atoms with Gasteiger partial charge >= 0.3 is 0 Å². The molecule has 2 heteroatoms. The first-order valence-corrected chi connectivity index (χ1v) is 3.64. The van der Waals surface area contributed by atoms with Crippen molar-refractivity contribution < 1.29 is 0 Å².